The maximum absolute atomic E-state index is 13.9. The van der Waals surface area contributed by atoms with Crippen LogP contribution in [0.1, 0.15) is 11.1 Å². The zero-order chi connectivity index (χ0) is 18.8. The summed E-state index contributed by atoms with van der Waals surface area (Å²) >= 11 is 3.38. The number of aliphatic imine (C=N–C) groups is 1. The van der Waals surface area contributed by atoms with Gasteiger partial charge in [-0.1, -0.05) is 15.9 Å². The molecular weight excluding hydrogens is 412 g/mol. The van der Waals surface area contributed by atoms with Crippen molar-refractivity contribution in [2.75, 3.05) is 14.2 Å². The number of methoxy groups -OCH3 is 2. The van der Waals surface area contributed by atoms with E-state index in [2.05, 4.69) is 20.9 Å². The van der Waals surface area contributed by atoms with Crippen molar-refractivity contribution in [2.24, 2.45) is 4.99 Å². The molecule has 2 aromatic carbocycles. The molecule has 2 aromatic rings. The number of nitrogens with zero attached hydrogens (tertiary/aromatic N) is 1. The maximum atomic E-state index is 13.9. The number of rotatable bonds is 4. The lowest BCUT2D eigenvalue weighted by Crippen LogP contribution is -2.07. The summed E-state index contributed by atoms with van der Waals surface area (Å²) in [6.45, 7) is 0. The van der Waals surface area contributed by atoms with E-state index in [1.165, 1.54) is 20.3 Å². The minimum Gasteiger partial charge on any atom is -0.493 e. The molecule has 1 aliphatic rings. The molecule has 1 aliphatic heterocycles. The zero-order valence-corrected chi connectivity index (χ0v) is 15.3. The van der Waals surface area contributed by atoms with Gasteiger partial charge in [0, 0.05) is 10.5 Å². The van der Waals surface area contributed by atoms with Gasteiger partial charge in [-0.15, -0.1) is 0 Å². The lowest BCUT2D eigenvalue weighted by Gasteiger charge is -2.09. The summed E-state index contributed by atoms with van der Waals surface area (Å²) in [5.74, 6) is -1.61. The van der Waals surface area contributed by atoms with Gasteiger partial charge >= 0.3 is 5.97 Å². The van der Waals surface area contributed by atoms with Gasteiger partial charge in [0.1, 0.15) is 11.6 Å². The van der Waals surface area contributed by atoms with Crippen molar-refractivity contribution in [3.8, 4) is 11.5 Å². The van der Waals surface area contributed by atoms with Crippen molar-refractivity contribution >= 4 is 33.9 Å². The van der Waals surface area contributed by atoms with E-state index in [1.54, 1.807) is 12.1 Å². The minimum absolute atomic E-state index is 0.0309. The summed E-state index contributed by atoms with van der Waals surface area (Å²) in [6, 6.07) is 6.23. The van der Waals surface area contributed by atoms with Crippen LogP contribution >= 0.6 is 15.9 Å². The molecule has 0 saturated heterocycles. The maximum Gasteiger partial charge on any atom is 0.363 e. The van der Waals surface area contributed by atoms with Gasteiger partial charge in [-0.3, -0.25) is 0 Å². The Morgan fingerprint density at radius 2 is 1.81 bits per heavy atom. The second-order valence-electron chi connectivity index (χ2n) is 5.19. The quantitative estimate of drug-likeness (QED) is 0.548. The highest BCUT2D eigenvalue weighted by molar-refractivity contribution is 9.10. The van der Waals surface area contributed by atoms with Crippen molar-refractivity contribution in [1.29, 1.82) is 0 Å². The zero-order valence-electron chi connectivity index (χ0n) is 13.7. The van der Waals surface area contributed by atoms with Gasteiger partial charge in [0.25, 0.3) is 0 Å². The van der Waals surface area contributed by atoms with Gasteiger partial charge in [-0.2, -0.15) is 0 Å². The van der Waals surface area contributed by atoms with Gasteiger partial charge in [0.15, 0.2) is 17.2 Å². The fourth-order valence-corrected chi connectivity index (χ4v) is 2.75. The van der Waals surface area contributed by atoms with Crippen LogP contribution in [0.4, 0.5) is 8.78 Å². The number of benzene rings is 2. The molecule has 0 N–H and O–H groups in total. The van der Waals surface area contributed by atoms with Crippen molar-refractivity contribution in [1.82, 2.24) is 0 Å². The number of hydrogen-bond donors (Lipinski definition) is 0. The third kappa shape index (κ3) is 3.45. The summed E-state index contributed by atoms with van der Waals surface area (Å²) in [7, 11) is 2.99. The second-order valence-corrected chi connectivity index (χ2v) is 6.04. The van der Waals surface area contributed by atoms with Crippen LogP contribution in [0, 0.1) is 11.6 Å². The van der Waals surface area contributed by atoms with Crippen LogP contribution in [-0.2, 0) is 9.53 Å². The molecule has 0 saturated carbocycles. The third-order valence-electron chi connectivity index (χ3n) is 3.58. The first-order valence-electron chi connectivity index (χ1n) is 7.32. The molecule has 5 nitrogen and oxygen atoms in total. The van der Waals surface area contributed by atoms with E-state index in [-0.39, 0.29) is 17.2 Å². The average Bonchev–Trinajstić information content (AvgIpc) is 2.96. The molecule has 134 valence electrons. The summed E-state index contributed by atoms with van der Waals surface area (Å²) in [6.07, 6.45) is 1.46. The van der Waals surface area contributed by atoms with E-state index < -0.39 is 17.6 Å². The Labute approximate surface area is 156 Å². The van der Waals surface area contributed by atoms with Crippen LogP contribution < -0.4 is 9.47 Å². The molecule has 0 fully saturated rings. The Hall–Kier alpha value is -2.74. The number of esters is 1. The number of carbonyl (C=O) groups is 1. The first-order valence-corrected chi connectivity index (χ1v) is 8.11. The first-order chi connectivity index (χ1) is 12.4. The highest BCUT2D eigenvalue weighted by atomic mass is 79.9. The summed E-state index contributed by atoms with van der Waals surface area (Å²) in [5, 5.41) is 0. The van der Waals surface area contributed by atoms with E-state index in [1.807, 2.05) is 0 Å². The van der Waals surface area contributed by atoms with E-state index >= 15 is 0 Å². The van der Waals surface area contributed by atoms with Crippen molar-refractivity contribution < 1.29 is 27.8 Å². The molecule has 0 bridgehead atoms. The summed E-state index contributed by atoms with van der Waals surface area (Å²) in [4.78, 5) is 16.1. The molecule has 0 amide bonds. The fraction of sp³-hybridized carbons (Fsp3) is 0.111. The number of hydrogen-bond acceptors (Lipinski definition) is 5. The molecule has 26 heavy (non-hydrogen) atoms. The van der Waals surface area contributed by atoms with Gasteiger partial charge in [-0.05, 0) is 35.9 Å². The van der Waals surface area contributed by atoms with Gasteiger partial charge in [-0.25, -0.2) is 18.6 Å². The molecule has 0 radical (unpaired) electrons. The minimum atomic E-state index is -0.870. The summed E-state index contributed by atoms with van der Waals surface area (Å²) in [5.41, 5.74) is 0.449. The second kappa shape index (κ2) is 7.25. The van der Waals surface area contributed by atoms with Crippen LogP contribution in [0.25, 0.3) is 6.08 Å². The Bertz CT molecular complexity index is 956. The van der Waals surface area contributed by atoms with Crippen LogP contribution in [0.3, 0.4) is 0 Å². The number of ether oxygens (including phenoxy) is 3. The fourth-order valence-electron chi connectivity index (χ4n) is 2.32. The highest BCUT2D eigenvalue weighted by Crippen LogP contribution is 2.35. The van der Waals surface area contributed by atoms with Crippen LogP contribution in [0.5, 0.6) is 11.5 Å². The van der Waals surface area contributed by atoms with Gasteiger partial charge in [0.05, 0.1) is 19.8 Å². The third-order valence-corrected chi connectivity index (χ3v) is 4.26. The Morgan fingerprint density at radius 3 is 2.46 bits per heavy atom. The molecular formula is C18H12BrF2NO4. The van der Waals surface area contributed by atoms with E-state index in [0.29, 0.717) is 27.6 Å². The summed E-state index contributed by atoms with van der Waals surface area (Å²) < 4.78 is 42.9. The SMILES string of the molecule is COc1cc(Br)c(/C=C2/N=C(c3ccc(F)cc3F)OC2=O)cc1OC. The lowest BCUT2D eigenvalue weighted by atomic mass is 10.1. The van der Waals surface area contributed by atoms with Gasteiger partial charge < -0.3 is 14.2 Å². The van der Waals surface area contributed by atoms with Gasteiger partial charge in [0.2, 0.25) is 5.90 Å². The Kier molecular flexibility index (Phi) is 5.03. The highest BCUT2D eigenvalue weighted by Gasteiger charge is 2.26. The molecule has 0 spiro atoms. The largest absolute Gasteiger partial charge is 0.493 e. The van der Waals surface area contributed by atoms with Crippen LogP contribution in [-0.4, -0.2) is 26.1 Å². The van der Waals surface area contributed by atoms with E-state index in [9.17, 15) is 13.6 Å². The molecule has 0 atom stereocenters. The topological polar surface area (TPSA) is 57.1 Å². The standard InChI is InChI=1S/C18H12BrF2NO4/c1-24-15-6-9(12(19)8-16(15)25-2)5-14-18(23)26-17(22-14)11-4-3-10(20)7-13(11)21/h3-8H,1-2H3/b14-5+. The lowest BCUT2D eigenvalue weighted by molar-refractivity contribution is -0.129. The predicted molar refractivity (Wildman–Crippen MR) is 94.2 cm³/mol. The average molecular weight is 424 g/mol. The molecule has 0 unspecified atom stereocenters. The normalized spacial score (nSPS) is 15.0. The first kappa shape index (κ1) is 18.1. The van der Waals surface area contributed by atoms with E-state index in [4.69, 9.17) is 14.2 Å². The van der Waals surface area contributed by atoms with Crippen molar-refractivity contribution in [3.63, 3.8) is 0 Å². The monoisotopic (exact) mass is 423 g/mol. The number of carbonyl (C=O) groups excluding carboxylic acids is 1. The predicted octanol–water partition coefficient (Wildman–Crippen LogP) is 4.09. The van der Waals surface area contributed by atoms with Crippen LogP contribution in [0.15, 0.2) is 45.5 Å². The molecule has 1 heterocycles. The van der Waals surface area contributed by atoms with Crippen molar-refractivity contribution in [2.45, 2.75) is 0 Å². The molecule has 0 aliphatic carbocycles. The molecule has 0 aromatic heterocycles. The smallest absolute Gasteiger partial charge is 0.363 e. The van der Waals surface area contributed by atoms with Crippen LogP contribution in [0.2, 0.25) is 0 Å². The molecule has 3 rings (SSSR count). The number of halogens is 3. The van der Waals surface area contributed by atoms with E-state index in [0.717, 1.165) is 12.1 Å². The Balaban J connectivity index is 2.01. The molecule has 8 heteroatoms. The number of cyclic esters (lactones) is 1. The van der Waals surface area contributed by atoms with Crippen molar-refractivity contribution in [3.05, 3.63) is 63.3 Å². The Morgan fingerprint density at radius 1 is 1.12 bits per heavy atom.